The molecule has 110 valence electrons. The van der Waals surface area contributed by atoms with E-state index in [9.17, 15) is 8.42 Å². The second-order valence-corrected chi connectivity index (χ2v) is 6.12. The first-order valence-electron chi connectivity index (χ1n) is 6.30. The van der Waals surface area contributed by atoms with Gasteiger partial charge >= 0.3 is 0 Å². The van der Waals surface area contributed by atoms with Gasteiger partial charge in [0, 0.05) is 12.1 Å². The number of aromatic amines is 1. The van der Waals surface area contributed by atoms with Crippen molar-refractivity contribution >= 4 is 10.0 Å². The molecule has 0 bridgehead atoms. The van der Waals surface area contributed by atoms with Gasteiger partial charge in [-0.1, -0.05) is 24.0 Å². The van der Waals surface area contributed by atoms with Crippen LogP contribution in [0.15, 0.2) is 35.4 Å². The smallest absolute Gasteiger partial charge is 0.244 e. The van der Waals surface area contributed by atoms with Crippen LogP contribution in [0.25, 0.3) is 0 Å². The van der Waals surface area contributed by atoms with Crippen LogP contribution in [0.5, 0.6) is 0 Å². The normalized spacial score (nSPS) is 11.0. The molecule has 7 heteroatoms. The lowest BCUT2D eigenvalue weighted by Crippen LogP contribution is -2.23. The highest BCUT2D eigenvalue weighted by molar-refractivity contribution is 7.89. The van der Waals surface area contributed by atoms with E-state index >= 15 is 0 Å². The van der Waals surface area contributed by atoms with E-state index in [1.54, 1.807) is 6.92 Å². The highest BCUT2D eigenvalue weighted by Gasteiger charge is 2.17. The van der Waals surface area contributed by atoms with Crippen molar-refractivity contribution in [1.29, 1.82) is 0 Å². The van der Waals surface area contributed by atoms with Gasteiger partial charge in [-0.15, -0.1) is 0 Å². The van der Waals surface area contributed by atoms with E-state index in [0.29, 0.717) is 12.2 Å². The molecule has 2 rings (SSSR count). The molecule has 0 saturated heterocycles. The maximum atomic E-state index is 12.1. The first kappa shape index (κ1) is 15.3. The Bertz CT molecular complexity index is 767. The van der Waals surface area contributed by atoms with Crippen LogP contribution < -0.4 is 10.5 Å². The van der Waals surface area contributed by atoms with Crippen molar-refractivity contribution in [3.05, 3.63) is 47.3 Å². The lowest BCUT2D eigenvalue weighted by molar-refractivity contribution is 0.581. The monoisotopic (exact) mass is 304 g/mol. The molecule has 0 aliphatic carbocycles. The van der Waals surface area contributed by atoms with Crippen molar-refractivity contribution in [3.8, 4) is 11.8 Å². The summed E-state index contributed by atoms with van der Waals surface area (Å²) in [7, 11) is -3.56. The number of H-pyrrole nitrogens is 1. The van der Waals surface area contributed by atoms with Crippen LogP contribution in [-0.2, 0) is 16.6 Å². The Kier molecular flexibility index (Phi) is 4.75. The van der Waals surface area contributed by atoms with Crippen LogP contribution in [0, 0.1) is 18.8 Å². The SMILES string of the molecule is Cc1[nH]ncc1S(=O)(=O)NCc1ccc(C#CCN)cc1. The molecule has 4 N–H and O–H groups in total. The van der Waals surface area contributed by atoms with E-state index < -0.39 is 10.0 Å². The molecular formula is C14H16N4O2S. The zero-order chi connectivity index (χ0) is 15.3. The standard InChI is InChI=1S/C14H16N4O2S/c1-11-14(10-16-18-11)21(19,20)17-9-13-6-4-12(5-7-13)3-2-8-15/h4-7,10,17H,8-9,15H2,1H3,(H,16,18). The highest BCUT2D eigenvalue weighted by Crippen LogP contribution is 2.12. The van der Waals surface area contributed by atoms with Gasteiger partial charge in [0.1, 0.15) is 4.90 Å². The van der Waals surface area contributed by atoms with Gasteiger partial charge in [0.05, 0.1) is 18.4 Å². The molecule has 0 fully saturated rings. The Balaban J connectivity index is 2.05. The van der Waals surface area contributed by atoms with Crippen molar-refractivity contribution in [3.63, 3.8) is 0 Å². The third-order valence-electron chi connectivity index (χ3n) is 2.83. The highest BCUT2D eigenvalue weighted by atomic mass is 32.2. The summed E-state index contributed by atoms with van der Waals surface area (Å²) in [6.45, 7) is 2.18. The summed E-state index contributed by atoms with van der Waals surface area (Å²) >= 11 is 0. The Morgan fingerprint density at radius 1 is 1.33 bits per heavy atom. The molecule has 1 aromatic heterocycles. The molecule has 0 amide bonds. The van der Waals surface area contributed by atoms with Crippen LogP contribution in [0.4, 0.5) is 0 Å². The third-order valence-corrected chi connectivity index (χ3v) is 4.34. The van der Waals surface area contributed by atoms with Crippen LogP contribution in [0.2, 0.25) is 0 Å². The number of sulfonamides is 1. The van der Waals surface area contributed by atoms with Gasteiger partial charge in [-0.25, -0.2) is 13.1 Å². The summed E-state index contributed by atoms with van der Waals surface area (Å²) in [5, 5.41) is 6.32. The van der Waals surface area contributed by atoms with E-state index in [-0.39, 0.29) is 11.4 Å². The first-order chi connectivity index (χ1) is 10.0. The Labute approximate surface area is 123 Å². The minimum atomic E-state index is -3.56. The molecule has 0 unspecified atom stereocenters. The lowest BCUT2D eigenvalue weighted by Gasteiger charge is -2.06. The molecule has 2 aromatic rings. The minimum Gasteiger partial charge on any atom is -0.320 e. The third kappa shape index (κ3) is 3.92. The Morgan fingerprint density at radius 2 is 2.05 bits per heavy atom. The number of hydrogen-bond acceptors (Lipinski definition) is 4. The van der Waals surface area contributed by atoms with Gasteiger partial charge in [-0.05, 0) is 24.6 Å². The zero-order valence-electron chi connectivity index (χ0n) is 11.6. The van der Waals surface area contributed by atoms with E-state index in [1.807, 2.05) is 24.3 Å². The van der Waals surface area contributed by atoms with E-state index in [0.717, 1.165) is 11.1 Å². The summed E-state index contributed by atoms with van der Waals surface area (Å²) in [5.74, 6) is 5.67. The largest absolute Gasteiger partial charge is 0.320 e. The summed E-state index contributed by atoms with van der Waals surface area (Å²) in [6.07, 6.45) is 1.29. The summed E-state index contributed by atoms with van der Waals surface area (Å²) in [6, 6.07) is 7.31. The van der Waals surface area contributed by atoms with Gasteiger partial charge < -0.3 is 5.73 Å². The summed E-state index contributed by atoms with van der Waals surface area (Å²) < 4.78 is 26.7. The number of benzene rings is 1. The van der Waals surface area contributed by atoms with Gasteiger partial charge in [-0.3, -0.25) is 5.10 Å². The number of hydrogen-bond donors (Lipinski definition) is 3. The molecular weight excluding hydrogens is 288 g/mol. The molecule has 0 atom stereocenters. The second kappa shape index (κ2) is 6.54. The summed E-state index contributed by atoms with van der Waals surface area (Å²) in [5.41, 5.74) is 7.50. The van der Waals surface area contributed by atoms with Crippen molar-refractivity contribution < 1.29 is 8.42 Å². The van der Waals surface area contributed by atoms with Crippen LogP contribution in [-0.4, -0.2) is 25.2 Å². The van der Waals surface area contributed by atoms with Crippen LogP contribution in [0.3, 0.4) is 0 Å². The molecule has 1 aromatic carbocycles. The Hall–Kier alpha value is -2.14. The van der Waals surface area contributed by atoms with E-state index in [4.69, 9.17) is 5.73 Å². The molecule has 0 radical (unpaired) electrons. The molecule has 0 aliphatic heterocycles. The average Bonchev–Trinajstić information content (AvgIpc) is 2.91. The fraction of sp³-hybridized carbons (Fsp3) is 0.214. The lowest BCUT2D eigenvalue weighted by atomic mass is 10.1. The molecule has 0 aliphatic rings. The van der Waals surface area contributed by atoms with E-state index in [2.05, 4.69) is 26.8 Å². The molecule has 1 heterocycles. The second-order valence-electron chi connectivity index (χ2n) is 4.39. The number of aryl methyl sites for hydroxylation is 1. The van der Waals surface area contributed by atoms with Crippen molar-refractivity contribution in [2.24, 2.45) is 5.73 Å². The molecule has 0 spiro atoms. The Morgan fingerprint density at radius 3 is 2.62 bits per heavy atom. The first-order valence-corrected chi connectivity index (χ1v) is 7.79. The molecule has 21 heavy (non-hydrogen) atoms. The predicted octanol–water partition coefficient (Wildman–Crippen LogP) is 0.507. The van der Waals surface area contributed by atoms with Crippen LogP contribution >= 0.6 is 0 Å². The maximum absolute atomic E-state index is 12.1. The van der Waals surface area contributed by atoms with Gasteiger partial charge in [-0.2, -0.15) is 5.10 Å². The molecule has 0 saturated carbocycles. The van der Waals surface area contributed by atoms with Crippen molar-refractivity contribution in [2.45, 2.75) is 18.4 Å². The number of nitrogens with two attached hydrogens (primary N) is 1. The maximum Gasteiger partial charge on any atom is 0.244 e. The summed E-state index contributed by atoms with van der Waals surface area (Å²) in [4.78, 5) is 0.160. The topological polar surface area (TPSA) is 101 Å². The fourth-order valence-corrected chi connectivity index (χ4v) is 2.88. The fourth-order valence-electron chi connectivity index (χ4n) is 1.73. The number of rotatable bonds is 4. The van der Waals surface area contributed by atoms with Crippen molar-refractivity contribution in [1.82, 2.24) is 14.9 Å². The zero-order valence-corrected chi connectivity index (χ0v) is 12.4. The van der Waals surface area contributed by atoms with Gasteiger partial charge in [0.2, 0.25) is 10.0 Å². The van der Waals surface area contributed by atoms with Gasteiger partial charge in [0.15, 0.2) is 0 Å². The predicted molar refractivity (Wildman–Crippen MR) is 79.7 cm³/mol. The van der Waals surface area contributed by atoms with Gasteiger partial charge in [0.25, 0.3) is 0 Å². The van der Waals surface area contributed by atoms with Crippen LogP contribution in [0.1, 0.15) is 16.8 Å². The molecule has 6 nitrogen and oxygen atoms in total. The van der Waals surface area contributed by atoms with E-state index in [1.165, 1.54) is 6.20 Å². The number of nitrogens with zero attached hydrogens (tertiary/aromatic N) is 1. The number of nitrogens with one attached hydrogen (secondary N) is 2. The average molecular weight is 304 g/mol. The quantitative estimate of drug-likeness (QED) is 0.716. The van der Waals surface area contributed by atoms with Crippen molar-refractivity contribution in [2.75, 3.05) is 6.54 Å². The minimum absolute atomic E-state index is 0.160. The number of aromatic nitrogens is 2.